The molecule has 0 unspecified atom stereocenters. The van der Waals surface area contributed by atoms with Crippen molar-refractivity contribution in [2.24, 2.45) is 5.73 Å². The highest BCUT2D eigenvalue weighted by atomic mass is 16.5. The Morgan fingerprint density at radius 3 is 2.58 bits per heavy atom. The van der Waals surface area contributed by atoms with Crippen LogP contribution in [0.1, 0.15) is 50.2 Å². The van der Waals surface area contributed by atoms with Crippen molar-refractivity contribution >= 4 is 0 Å². The standard InChI is InChI=1S/C16H25NO2/c1-3-6-14-12(11-17)9-10-15(18-2)16(14)19-13-7-4-5-8-13/h9-10,13H,3-8,11,17H2,1-2H3. The number of hydrogen-bond acceptors (Lipinski definition) is 3. The fourth-order valence-electron chi connectivity index (χ4n) is 2.83. The molecular formula is C16H25NO2. The maximum Gasteiger partial charge on any atom is 0.165 e. The van der Waals surface area contributed by atoms with Gasteiger partial charge in [0.05, 0.1) is 13.2 Å². The van der Waals surface area contributed by atoms with Gasteiger partial charge in [0.15, 0.2) is 11.5 Å². The maximum atomic E-state index is 6.24. The molecule has 19 heavy (non-hydrogen) atoms. The molecule has 0 atom stereocenters. The number of hydrogen-bond donors (Lipinski definition) is 1. The summed E-state index contributed by atoms with van der Waals surface area (Å²) in [6.07, 6.45) is 7.27. The van der Waals surface area contributed by atoms with Crippen LogP contribution in [-0.2, 0) is 13.0 Å². The molecular weight excluding hydrogens is 238 g/mol. The van der Waals surface area contributed by atoms with E-state index in [4.69, 9.17) is 15.2 Å². The number of methoxy groups -OCH3 is 1. The summed E-state index contributed by atoms with van der Waals surface area (Å²) in [5.74, 6) is 1.77. The lowest BCUT2D eigenvalue weighted by molar-refractivity contribution is 0.198. The van der Waals surface area contributed by atoms with Crippen LogP contribution in [0.2, 0.25) is 0 Å². The van der Waals surface area contributed by atoms with Crippen molar-refractivity contribution in [3.8, 4) is 11.5 Å². The third kappa shape index (κ3) is 3.21. The van der Waals surface area contributed by atoms with Crippen LogP contribution in [0.4, 0.5) is 0 Å². The van der Waals surface area contributed by atoms with Crippen molar-refractivity contribution in [2.75, 3.05) is 7.11 Å². The second-order valence-electron chi connectivity index (χ2n) is 5.21. The molecule has 0 amide bonds. The molecule has 0 saturated heterocycles. The summed E-state index contributed by atoms with van der Waals surface area (Å²) in [6.45, 7) is 2.74. The smallest absolute Gasteiger partial charge is 0.165 e. The van der Waals surface area contributed by atoms with Gasteiger partial charge in [-0.05, 0) is 43.7 Å². The molecule has 2 rings (SSSR count). The van der Waals surface area contributed by atoms with Crippen molar-refractivity contribution < 1.29 is 9.47 Å². The fraction of sp³-hybridized carbons (Fsp3) is 0.625. The SMILES string of the molecule is CCCc1c(CN)ccc(OC)c1OC1CCCC1. The molecule has 1 aromatic carbocycles. The Morgan fingerprint density at radius 2 is 2.00 bits per heavy atom. The van der Waals surface area contributed by atoms with Crippen LogP contribution in [-0.4, -0.2) is 13.2 Å². The number of rotatable bonds is 6. The minimum Gasteiger partial charge on any atom is -0.493 e. The van der Waals surface area contributed by atoms with E-state index < -0.39 is 0 Å². The van der Waals surface area contributed by atoms with E-state index in [2.05, 4.69) is 13.0 Å². The van der Waals surface area contributed by atoms with Crippen molar-refractivity contribution in [3.63, 3.8) is 0 Å². The van der Waals surface area contributed by atoms with Crippen molar-refractivity contribution in [2.45, 2.75) is 58.1 Å². The van der Waals surface area contributed by atoms with Gasteiger partial charge in [0, 0.05) is 12.1 Å². The molecule has 0 heterocycles. The molecule has 1 aliphatic rings. The zero-order chi connectivity index (χ0) is 13.7. The van der Waals surface area contributed by atoms with Crippen LogP contribution in [0.25, 0.3) is 0 Å². The average Bonchev–Trinajstić information content (AvgIpc) is 2.93. The average molecular weight is 263 g/mol. The third-order valence-electron chi connectivity index (χ3n) is 3.85. The van der Waals surface area contributed by atoms with Crippen LogP contribution in [0, 0.1) is 0 Å². The summed E-state index contributed by atoms with van der Waals surface area (Å²) in [6, 6.07) is 4.04. The summed E-state index contributed by atoms with van der Waals surface area (Å²) in [5, 5.41) is 0. The Labute approximate surface area is 116 Å². The van der Waals surface area contributed by atoms with Gasteiger partial charge in [-0.25, -0.2) is 0 Å². The molecule has 0 radical (unpaired) electrons. The predicted octanol–water partition coefficient (Wildman–Crippen LogP) is 3.43. The van der Waals surface area contributed by atoms with Crippen LogP contribution in [0.5, 0.6) is 11.5 Å². The first kappa shape index (κ1) is 14.2. The molecule has 2 N–H and O–H groups in total. The van der Waals surface area contributed by atoms with Gasteiger partial charge < -0.3 is 15.2 Å². The minimum atomic E-state index is 0.345. The largest absolute Gasteiger partial charge is 0.493 e. The zero-order valence-electron chi connectivity index (χ0n) is 12.1. The molecule has 0 spiro atoms. The van der Waals surface area contributed by atoms with E-state index in [0.717, 1.165) is 37.2 Å². The highest BCUT2D eigenvalue weighted by Gasteiger charge is 2.21. The van der Waals surface area contributed by atoms with Crippen LogP contribution in [0.15, 0.2) is 12.1 Å². The normalized spacial score (nSPS) is 15.7. The molecule has 1 aromatic rings. The number of benzene rings is 1. The minimum absolute atomic E-state index is 0.345. The summed E-state index contributed by atoms with van der Waals surface area (Å²) in [5.41, 5.74) is 8.26. The molecule has 106 valence electrons. The first-order chi connectivity index (χ1) is 9.30. The van der Waals surface area contributed by atoms with Crippen molar-refractivity contribution in [1.82, 2.24) is 0 Å². The monoisotopic (exact) mass is 263 g/mol. The molecule has 0 aliphatic heterocycles. The number of ether oxygens (including phenoxy) is 2. The molecule has 0 bridgehead atoms. The quantitative estimate of drug-likeness (QED) is 0.855. The lowest BCUT2D eigenvalue weighted by atomic mass is 10.0. The van der Waals surface area contributed by atoms with Crippen molar-refractivity contribution in [1.29, 1.82) is 0 Å². The van der Waals surface area contributed by atoms with E-state index >= 15 is 0 Å². The van der Waals surface area contributed by atoms with Gasteiger partial charge in [0.2, 0.25) is 0 Å². The Morgan fingerprint density at radius 1 is 1.26 bits per heavy atom. The lowest BCUT2D eigenvalue weighted by Crippen LogP contribution is -2.14. The van der Waals surface area contributed by atoms with E-state index in [-0.39, 0.29) is 0 Å². The van der Waals surface area contributed by atoms with Gasteiger partial charge in [-0.15, -0.1) is 0 Å². The Balaban J connectivity index is 2.34. The van der Waals surface area contributed by atoms with Crippen LogP contribution < -0.4 is 15.2 Å². The van der Waals surface area contributed by atoms with E-state index in [0.29, 0.717) is 12.6 Å². The fourth-order valence-corrected chi connectivity index (χ4v) is 2.83. The Hall–Kier alpha value is -1.22. The Kier molecular flexibility index (Phi) is 5.08. The Bertz CT molecular complexity index is 411. The summed E-state index contributed by atoms with van der Waals surface area (Å²) in [7, 11) is 1.70. The predicted molar refractivity (Wildman–Crippen MR) is 77.8 cm³/mol. The van der Waals surface area contributed by atoms with Gasteiger partial charge in [0.25, 0.3) is 0 Å². The maximum absolute atomic E-state index is 6.24. The molecule has 1 saturated carbocycles. The van der Waals surface area contributed by atoms with E-state index in [9.17, 15) is 0 Å². The van der Waals surface area contributed by atoms with Gasteiger partial charge in [-0.3, -0.25) is 0 Å². The van der Waals surface area contributed by atoms with E-state index in [1.165, 1.54) is 24.0 Å². The second-order valence-corrected chi connectivity index (χ2v) is 5.21. The molecule has 3 nitrogen and oxygen atoms in total. The van der Waals surface area contributed by atoms with Crippen LogP contribution >= 0.6 is 0 Å². The van der Waals surface area contributed by atoms with E-state index in [1.807, 2.05) is 6.07 Å². The summed E-state index contributed by atoms with van der Waals surface area (Å²) in [4.78, 5) is 0. The second kappa shape index (κ2) is 6.80. The van der Waals surface area contributed by atoms with Gasteiger partial charge in [0.1, 0.15) is 0 Å². The molecule has 0 aromatic heterocycles. The highest BCUT2D eigenvalue weighted by molar-refractivity contribution is 5.51. The zero-order valence-corrected chi connectivity index (χ0v) is 12.1. The first-order valence-corrected chi connectivity index (χ1v) is 7.35. The lowest BCUT2D eigenvalue weighted by Gasteiger charge is -2.21. The summed E-state index contributed by atoms with van der Waals surface area (Å²) < 4.78 is 11.7. The molecule has 1 aliphatic carbocycles. The highest BCUT2D eigenvalue weighted by Crippen LogP contribution is 2.37. The van der Waals surface area contributed by atoms with E-state index in [1.54, 1.807) is 7.11 Å². The number of nitrogens with two attached hydrogens (primary N) is 1. The van der Waals surface area contributed by atoms with Gasteiger partial charge in [-0.1, -0.05) is 19.4 Å². The third-order valence-corrected chi connectivity index (χ3v) is 3.85. The van der Waals surface area contributed by atoms with Crippen molar-refractivity contribution in [3.05, 3.63) is 23.3 Å². The molecule has 3 heteroatoms. The van der Waals surface area contributed by atoms with Gasteiger partial charge >= 0.3 is 0 Å². The topological polar surface area (TPSA) is 44.5 Å². The van der Waals surface area contributed by atoms with Gasteiger partial charge in [-0.2, -0.15) is 0 Å². The molecule has 1 fully saturated rings. The first-order valence-electron chi connectivity index (χ1n) is 7.35. The van der Waals surface area contributed by atoms with Crippen LogP contribution in [0.3, 0.4) is 0 Å². The summed E-state index contributed by atoms with van der Waals surface area (Å²) >= 11 is 0.